The number of nitrogens with one attached hydrogen (secondary N) is 1. The Bertz CT molecular complexity index is 2320. The number of aryl methyl sites for hydroxylation is 1. The van der Waals surface area contributed by atoms with Crippen LogP contribution >= 0.6 is 0 Å². The Balaban J connectivity index is 1.29. The van der Waals surface area contributed by atoms with E-state index in [1.165, 1.54) is 22.8 Å². The normalized spacial score (nSPS) is 18.6. The first kappa shape index (κ1) is 47.0. The first-order valence-corrected chi connectivity index (χ1v) is 23.1. The van der Waals surface area contributed by atoms with Crippen molar-refractivity contribution in [1.82, 2.24) is 29.8 Å². The third-order valence-corrected chi connectivity index (χ3v) is 13.1. The Labute approximate surface area is 378 Å². The van der Waals surface area contributed by atoms with Crippen molar-refractivity contribution < 1.29 is 34.1 Å². The lowest BCUT2D eigenvalue weighted by Crippen LogP contribution is -2.60. The maximum Gasteiger partial charge on any atom is 0.410 e. The number of piperazine rings is 1. The van der Waals surface area contributed by atoms with Gasteiger partial charge in [-0.1, -0.05) is 44.2 Å². The van der Waals surface area contributed by atoms with Crippen molar-refractivity contribution in [1.29, 1.82) is 0 Å². The van der Waals surface area contributed by atoms with Crippen LogP contribution in [0.15, 0.2) is 54.7 Å². The lowest BCUT2D eigenvalue weighted by molar-refractivity contribution is -0.149. The molecule has 3 aliphatic rings. The fraction of sp³-hybridized carbons (Fsp3) is 0.560. The highest BCUT2D eigenvalue weighted by Gasteiger charge is 2.37. The second-order valence-corrected chi connectivity index (χ2v) is 19.7. The number of rotatable bonds is 15. The van der Waals surface area contributed by atoms with Gasteiger partial charge < -0.3 is 29.2 Å². The zero-order valence-corrected chi connectivity index (χ0v) is 39.3. The number of nitrogens with zero attached hydrogens (tertiary/aromatic N) is 6. The van der Waals surface area contributed by atoms with E-state index in [4.69, 9.17) is 14.5 Å². The molecule has 2 aliphatic heterocycles. The SMILES string of the molecule is CCn1c(-c2cc(N3CCN(C4CC4)CC3)cnc2[C@H](C)OC)c(CC(C)(C)CO)c2cc(-c3cccc(C[C@@H](C(=O)N4CCC[C@@H](C(=O)O)N4)N(C)C(=O)OC(C)(C)C)c3)ccc21. The van der Waals surface area contributed by atoms with Crippen molar-refractivity contribution in [2.24, 2.45) is 5.41 Å². The van der Waals surface area contributed by atoms with Crippen LogP contribution < -0.4 is 10.3 Å². The maximum atomic E-state index is 14.3. The average Bonchev–Trinajstić information content (AvgIpc) is 4.10. The van der Waals surface area contributed by atoms with E-state index >= 15 is 0 Å². The number of amides is 2. The molecule has 346 valence electrons. The van der Waals surface area contributed by atoms with Crippen LogP contribution in [0.25, 0.3) is 33.3 Å². The van der Waals surface area contributed by atoms with Crippen LogP contribution in [0.3, 0.4) is 0 Å². The molecule has 2 amide bonds. The summed E-state index contributed by atoms with van der Waals surface area (Å²) in [5, 5.41) is 22.9. The van der Waals surface area contributed by atoms with E-state index in [0.29, 0.717) is 32.4 Å². The number of hydrazine groups is 1. The number of pyridine rings is 1. The highest BCUT2D eigenvalue weighted by molar-refractivity contribution is 5.96. The van der Waals surface area contributed by atoms with Crippen LogP contribution in [0.2, 0.25) is 0 Å². The molecule has 3 N–H and O–H groups in total. The van der Waals surface area contributed by atoms with Gasteiger partial charge >= 0.3 is 12.1 Å². The van der Waals surface area contributed by atoms with Crippen LogP contribution in [0.4, 0.5) is 10.5 Å². The minimum absolute atomic E-state index is 0.0133. The number of carboxylic acid groups (broad SMARTS) is 1. The number of methoxy groups -OCH3 is 1. The van der Waals surface area contributed by atoms with E-state index < -0.39 is 41.1 Å². The lowest BCUT2D eigenvalue weighted by Gasteiger charge is -2.37. The number of benzene rings is 2. The summed E-state index contributed by atoms with van der Waals surface area (Å²) in [6.07, 6.45) is 5.41. The Morgan fingerprint density at radius 2 is 1.69 bits per heavy atom. The van der Waals surface area contributed by atoms with E-state index in [1.54, 1.807) is 34.9 Å². The van der Waals surface area contributed by atoms with E-state index in [-0.39, 0.29) is 19.1 Å². The van der Waals surface area contributed by atoms with Gasteiger partial charge in [0.1, 0.15) is 17.7 Å². The molecule has 0 radical (unpaired) electrons. The van der Waals surface area contributed by atoms with Crippen LogP contribution in [0.5, 0.6) is 0 Å². The van der Waals surface area contributed by atoms with Gasteiger partial charge in [0.2, 0.25) is 0 Å². The number of hydrogen-bond acceptors (Lipinski definition) is 10. The standard InChI is InChI=1S/C50H69N7O7/c1-10-56-42-19-16-35(34-14-11-13-33(25-34)26-43(53(8)48(62)64-49(3,4)5)46(59)57-20-12-15-41(52-57)47(60)61)27-38(42)40(29-50(6,7)31-58)45(56)39-28-37(30-51-44(39)32(2)63-9)55-23-21-54(22-24-55)36-17-18-36/h11,13-14,16,19,25,27-28,30,32,36,41,43,52,58H,10,12,15,17-18,20-24,26,29,31H2,1-9H3,(H,60,61)/t32-,41-,43-/m0/s1. The Hall–Kier alpha value is -5.02. The van der Waals surface area contributed by atoms with Crippen molar-refractivity contribution in [3.8, 4) is 22.4 Å². The highest BCUT2D eigenvalue weighted by atomic mass is 16.6. The minimum atomic E-state index is -1.03. The van der Waals surface area contributed by atoms with Gasteiger partial charge in [0.05, 0.1) is 29.4 Å². The first-order valence-electron chi connectivity index (χ1n) is 23.1. The van der Waals surface area contributed by atoms with Crippen LogP contribution in [-0.4, -0.2) is 130 Å². The summed E-state index contributed by atoms with van der Waals surface area (Å²) in [6.45, 7) is 18.8. The maximum absolute atomic E-state index is 14.3. The van der Waals surface area contributed by atoms with Crippen LogP contribution in [0.1, 0.15) is 97.1 Å². The second-order valence-electron chi connectivity index (χ2n) is 19.7. The zero-order chi connectivity index (χ0) is 46.1. The molecule has 2 aromatic carbocycles. The molecular weight excluding hydrogens is 811 g/mol. The number of likely N-dealkylation sites (N-methyl/N-ethyl adjacent to an activating group) is 1. The predicted octanol–water partition coefficient (Wildman–Crippen LogP) is 7.30. The second kappa shape index (κ2) is 19.2. The quantitative estimate of drug-likeness (QED) is 0.110. The third-order valence-electron chi connectivity index (χ3n) is 13.1. The summed E-state index contributed by atoms with van der Waals surface area (Å²) in [6, 6.07) is 15.7. The van der Waals surface area contributed by atoms with E-state index in [2.05, 4.69) is 70.9 Å². The summed E-state index contributed by atoms with van der Waals surface area (Å²) in [5.41, 5.74) is 10.7. The fourth-order valence-electron chi connectivity index (χ4n) is 9.26. The molecule has 0 unspecified atom stereocenters. The number of carbonyl (C=O) groups is 3. The van der Waals surface area contributed by atoms with Gasteiger partial charge in [0, 0.05) is 89.0 Å². The van der Waals surface area contributed by atoms with Crippen molar-refractivity contribution in [3.63, 3.8) is 0 Å². The molecule has 3 fully saturated rings. The van der Waals surface area contributed by atoms with Crippen molar-refractivity contribution in [2.45, 2.75) is 123 Å². The largest absolute Gasteiger partial charge is 0.480 e. The molecule has 0 spiro atoms. The molecule has 4 heterocycles. The number of fused-ring (bicyclic) bond motifs is 1. The molecule has 7 rings (SSSR count). The Morgan fingerprint density at radius 3 is 2.33 bits per heavy atom. The topological polar surface area (TPSA) is 153 Å². The van der Waals surface area contributed by atoms with E-state index in [0.717, 1.165) is 88.0 Å². The Kier molecular flexibility index (Phi) is 14.1. The van der Waals surface area contributed by atoms with Gasteiger partial charge in [-0.15, -0.1) is 0 Å². The van der Waals surface area contributed by atoms with E-state index in [1.807, 2.05) is 31.3 Å². The van der Waals surface area contributed by atoms with Crippen LogP contribution in [0, 0.1) is 5.41 Å². The van der Waals surface area contributed by atoms with E-state index in [9.17, 15) is 24.6 Å². The molecule has 14 heteroatoms. The van der Waals surface area contributed by atoms with Crippen molar-refractivity contribution in [2.75, 3.05) is 58.4 Å². The number of anilines is 1. The molecule has 64 heavy (non-hydrogen) atoms. The van der Waals surface area contributed by atoms with Crippen LogP contribution in [-0.2, 0) is 38.4 Å². The smallest absolute Gasteiger partial charge is 0.410 e. The fourth-order valence-corrected chi connectivity index (χ4v) is 9.26. The molecule has 0 bridgehead atoms. The summed E-state index contributed by atoms with van der Waals surface area (Å²) < 4.78 is 14.0. The summed E-state index contributed by atoms with van der Waals surface area (Å²) in [5.74, 6) is -1.44. The van der Waals surface area contributed by atoms with Gasteiger partial charge in [0.25, 0.3) is 5.91 Å². The molecule has 1 saturated carbocycles. The van der Waals surface area contributed by atoms with Crippen molar-refractivity contribution in [3.05, 3.63) is 71.5 Å². The number of aliphatic hydroxyl groups is 1. The summed E-state index contributed by atoms with van der Waals surface area (Å²) in [4.78, 5) is 51.2. The number of ether oxygens (including phenoxy) is 2. The van der Waals surface area contributed by atoms with Crippen molar-refractivity contribution >= 4 is 34.6 Å². The molecule has 1 aliphatic carbocycles. The lowest BCUT2D eigenvalue weighted by atomic mass is 9.84. The van der Waals surface area contributed by atoms with Gasteiger partial charge in [-0.3, -0.25) is 29.4 Å². The number of carboxylic acids is 1. The molecule has 2 saturated heterocycles. The summed E-state index contributed by atoms with van der Waals surface area (Å²) in [7, 11) is 3.27. The van der Waals surface area contributed by atoms with Gasteiger partial charge in [-0.25, -0.2) is 10.2 Å². The van der Waals surface area contributed by atoms with Gasteiger partial charge in [-0.2, -0.15) is 0 Å². The number of aliphatic hydroxyl groups excluding tert-OH is 1. The Morgan fingerprint density at radius 1 is 0.969 bits per heavy atom. The summed E-state index contributed by atoms with van der Waals surface area (Å²) >= 11 is 0. The molecule has 4 aromatic rings. The predicted molar refractivity (Wildman–Crippen MR) is 250 cm³/mol. The average molecular weight is 880 g/mol. The molecule has 14 nitrogen and oxygen atoms in total. The highest BCUT2D eigenvalue weighted by Crippen LogP contribution is 2.43. The minimum Gasteiger partial charge on any atom is -0.480 e. The molecule has 2 aromatic heterocycles. The van der Waals surface area contributed by atoms with Gasteiger partial charge in [0.15, 0.2) is 0 Å². The monoisotopic (exact) mass is 880 g/mol. The number of hydrogen-bond donors (Lipinski definition) is 3. The van der Waals surface area contributed by atoms with Gasteiger partial charge in [-0.05, 0) is 113 Å². The number of carbonyl (C=O) groups excluding carboxylic acids is 2. The number of aromatic nitrogens is 2. The number of aliphatic carboxylic acids is 1. The zero-order valence-electron chi connectivity index (χ0n) is 39.3. The molecular formula is C50H69N7O7. The first-order chi connectivity index (χ1) is 30.4. The molecule has 3 atom stereocenters. The third kappa shape index (κ3) is 10.4.